The van der Waals surface area contributed by atoms with E-state index >= 15 is 0 Å². The van der Waals surface area contributed by atoms with Crippen LogP contribution in [-0.2, 0) is 4.79 Å². The number of hydrogen-bond donors (Lipinski definition) is 2. The van der Waals surface area contributed by atoms with Crippen LogP contribution in [0.3, 0.4) is 0 Å². The zero-order valence-corrected chi connectivity index (χ0v) is 13.3. The molecule has 20 heavy (non-hydrogen) atoms. The highest BCUT2D eigenvalue weighted by molar-refractivity contribution is 9.10. The number of nitrogens with zero attached hydrogens (tertiary/aromatic N) is 1. The van der Waals surface area contributed by atoms with Crippen molar-refractivity contribution in [3.05, 3.63) is 28.2 Å². The summed E-state index contributed by atoms with van der Waals surface area (Å²) in [6, 6.07) is 4.15. The van der Waals surface area contributed by atoms with E-state index in [1.807, 2.05) is 6.92 Å². The summed E-state index contributed by atoms with van der Waals surface area (Å²) in [4.78, 5) is 25.4. The first kappa shape index (κ1) is 15.2. The average molecular weight is 359 g/mol. The van der Waals surface area contributed by atoms with E-state index in [1.165, 1.54) is 16.7 Å². The molecule has 1 aromatic rings. The number of rotatable bonds is 3. The Morgan fingerprint density at radius 2 is 2.20 bits per heavy atom. The fraction of sp³-hybridized carbons (Fsp3) is 0.385. The van der Waals surface area contributed by atoms with Gasteiger partial charge in [0.05, 0.1) is 5.37 Å². The van der Waals surface area contributed by atoms with Crippen molar-refractivity contribution in [2.45, 2.75) is 24.8 Å². The average Bonchev–Trinajstić information content (AvgIpc) is 2.80. The van der Waals surface area contributed by atoms with Crippen LogP contribution in [0.2, 0.25) is 0 Å². The van der Waals surface area contributed by atoms with Crippen molar-refractivity contribution in [3.8, 4) is 0 Å². The summed E-state index contributed by atoms with van der Waals surface area (Å²) in [5, 5.41) is 9.15. The largest absolute Gasteiger partial charge is 0.480 e. The molecular weight excluding hydrogens is 344 g/mol. The van der Waals surface area contributed by atoms with Gasteiger partial charge in [0, 0.05) is 21.5 Å². The molecule has 2 unspecified atom stereocenters. The fourth-order valence-corrected chi connectivity index (χ4v) is 4.08. The Labute approximate surface area is 129 Å². The Balaban J connectivity index is 2.35. The van der Waals surface area contributed by atoms with E-state index in [9.17, 15) is 14.7 Å². The third kappa shape index (κ3) is 2.93. The van der Waals surface area contributed by atoms with Crippen LogP contribution in [0.5, 0.6) is 0 Å². The van der Waals surface area contributed by atoms with Gasteiger partial charge in [-0.25, -0.2) is 4.79 Å². The second-order valence-electron chi connectivity index (χ2n) is 4.54. The van der Waals surface area contributed by atoms with Gasteiger partial charge in [-0.1, -0.05) is 22.9 Å². The van der Waals surface area contributed by atoms with Crippen LogP contribution in [0.25, 0.3) is 0 Å². The van der Waals surface area contributed by atoms with E-state index in [2.05, 4.69) is 15.9 Å². The predicted molar refractivity (Wildman–Crippen MR) is 82.7 cm³/mol. The number of thioether (sulfide) groups is 1. The third-order valence-electron chi connectivity index (χ3n) is 3.13. The molecular formula is C13H15BrN2O3S. The number of nitrogens with two attached hydrogens (primary N) is 1. The standard InChI is InChI=1S/C13H15BrN2O3S/c1-2-11-16(10(6-20-11)13(18)19)12(17)7-3-8(14)5-9(15)4-7/h3-5,10-11H,2,6,15H2,1H3,(H,18,19). The monoisotopic (exact) mass is 358 g/mol. The minimum atomic E-state index is -0.968. The number of nitrogen functional groups attached to an aromatic ring is 1. The highest BCUT2D eigenvalue weighted by atomic mass is 79.9. The van der Waals surface area contributed by atoms with E-state index in [4.69, 9.17) is 5.73 Å². The van der Waals surface area contributed by atoms with Crippen LogP contribution in [0, 0.1) is 0 Å². The molecule has 3 N–H and O–H groups in total. The van der Waals surface area contributed by atoms with E-state index in [0.717, 1.165) is 0 Å². The first-order chi connectivity index (χ1) is 9.43. The summed E-state index contributed by atoms with van der Waals surface area (Å²) in [5.41, 5.74) is 6.61. The molecule has 2 rings (SSSR count). The normalized spacial score (nSPS) is 22.0. The number of aliphatic carboxylic acids is 1. The van der Waals surface area contributed by atoms with Gasteiger partial charge in [-0.15, -0.1) is 11.8 Å². The molecule has 0 aliphatic carbocycles. The van der Waals surface area contributed by atoms with Gasteiger partial charge in [0.1, 0.15) is 6.04 Å². The SMILES string of the molecule is CCC1SCC(C(=O)O)N1C(=O)c1cc(N)cc(Br)c1. The maximum absolute atomic E-state index is 12.6. The lowest BCUT2D eigenvalue weighted by Crippen LogP contribution is -2.45. The molecule has 1 aromatic carbocycles. The summed E-state index contributed by atoms with van der Waals surface area (Å²) in [6.45, 7) is 1.94. The van der Waals surface area contributed by atoms with E-state index in [1.54, 1.807) is 18.2 Å². The summed E-state index contributed by atoms with van der Waals surface area (Å²) >= 11 is 4.79. The van der Waals surface area contributed by atoms with Crippen molar-refractivity contribution in [2.75, 3.05) is 11.5 Å². The van der Waals surface area contributed by atoms with E-state index < -0.39 is 12.0 Å². The molecule has 0 spiro atoms. The van der Waals surface area contributed by atoms with Gasteiger partial charge in [0.25, 0.3) is 5.91 Å². The lowest BCUT2D eigenvalue weighted by molar-refractivity contribution is -0.141. The number of amides is 1. The molecule has 1 saturated heterocycles. The van der Waals surface area contributed by atoms with Gasteiger partial charge in [-0.05, 0) is 24.6 Å². The molecule has 1 aliphatic rings. The molecule has 2 atom stereocenters. The van der Waals surface area contributed by atoms with Crippen LogP contribution in [-0.4, -0.2) is 39.1 Å². The van der Waals surface area contributed by atoms with Crippen molar-refractivity contribution >= 4 is 45.3 Å². The summed E-state index contributed by atoms with van der Waals surface area (Å²) in [7, 11) is 0. The molecule has 1 aliphatic heterocycles. The molecule has 0 bridgehead atoms. The molecule has 0 saturated carbocycles. The Bertz CT molecular complexity index is 532. The Hall–Kier alpha value is -1.21. The molecule has 0 radical (unpaired) electrons. The molecule has 5 nitrogen and oxygen atoms in total. The topological polar surface area (TPSA) is 83.6 Å². The lowest BCUT2D eigenvalue weighted by Gasteiger charge is -2.26. The van der Waals surface area contributed by atoms with Crippen LogP contribution >= 0.6 is 27.7 Å². The highest BCUT2D eigenvalue weighted by Crippen LogP contribution is 2.33. The van der Waals surface area contributed by atoms with Crippen LogP contribution in [0.4, 0.5) is 5.69 Å². The zero-order chi connectivity index (χ0) is 14.9. The molecule has 1 heterocycles. The molecule has 1 amide bonds. The quantitative estimate of drug-likeness (QED) is 0.810. The summed E-state index contributed by atoms with van der Waals surface area (Å²) in [6.07, 6.45) is 0.712. The van der Waals surface area contributed by atoms with Crippen molar-refractivity contribution in [2.24, 2.45) is 0 Å². The molecule has 0 aromatic heterocycles. The first-order valence-corrected chi connectivity index (χ1v) is 8.01. The zero-order valence-electron chi connectivity index (χ0n) is 10.9. The van der Waals surface area contributed by atoms with Crippen molar-refractivity contribution < 1.29 is 14.7 Å². The maximum Gasteiger partial charge on any atom is 0.327 e. The van der Waals surface area contributed by atoms with Gasteiger partial charge in [0.2, 0.25) is 0 Å². The highest BCUT2D eigenvalue weighted by Gasteiger charge is 2.41. The van der Waals surface area contributed by atoms with Gasteiger partial charge < -0.3 is 15.7 Å². The van der Waals surface area contributed by atoms with Gasteiger partial charge >= 0.3 is 5.97 Å². The predicted octanol–water partition coefficient (Wildman–Crippen LogP) is 2.41. The maximum atomic E-state index is 12.6. The van der Waals surface area contributed by atoms with Gasteiger partial charge in [0.15, 0.2) is 0 Å². The lowest BCUT2D eigenvalue weighted by atomic mass is 10.1. The summed E-state index contributed by atoms with van der Waals surface area (Å²) in [5.74, 6) is -0.838. The van der Waals surface area contributed by atoms with Gasteiger partial charge in [-0.3, -0.25) is 4.79 Å². The summed E-state index contributed by atoms with van der Waals surface area (Å²) < 4.78 is 0.702. The first-order valence-electron chi connectivity index (χ1n) is 6.17. The van der Waals surface area contributed by atoms with Crippen LogP contribution in [0.1, 0.15) is 23.7 Å². The Morgan fingerprint density at radius 3 is 2.75 bits per heavy atom. The Morgan fingerprint density at radius 1 is 1.50 bits per heavy atom. The number of carbonyl (C=O) groups is 2. The van der Waals surface area contributed by atoms with E-state index in [0.29, 0.717) is 27.9 Å². The number of carboxylic acid groups (broad SMARTS) is 1. The van der Waals surface area contributed by atoms with Gasteiger partial charge in [-0.2, -0.15) is 0 Å². The van der Waals surface area contributed by atoms with Crippen LogP contribution < -0.4 is 5.73 Å². The number of benzene rings is 1. The number of halogens is 1. The third-order valence-corrected chi connectivity index (χ3v) is 5.04. The number of anilines is 1. The second kappa shape index (κ2) is 6.05. The smallest absolute Gasteiger partial charge is 0.327 e. The minimum absolute atomic E-state index is 0.108. The molecule has 108 valence electrons. The van der Waals surface area contributed by atoms with Crippen LogP contribution in [0.15, 0.2) is 22.7 Å². The molecule has 7 heteroatoms. The number of carboxylic acids is 1. The Kier molecular flexibility index (Phi) is 4.59. The van der Waals surface area contributed by atoms with Crippen molar-refractivity contribution in [3.63, 3.8) is 0 Å². The number of carbonyl (C=O) groups excluding carboxylic acids is 1. The van der Waals surface area contributed by atoms with E-state index in [-0.39, 0.29) is 11.3 Å². The second-order valence-corrected chi connectivity index (χ2v) is 6.66. The van der Waals surface area contributed by atoms with Crippen molar-refractivity contribution in [1.29, 1.82) is 0 Å². The fourth-order valence-electron chi connectivity index (χ4n) is 2.23. The minimum Gasteiger partial charge on any atom is -0.480 e. The number of hydrogen-bond acceptors (Lipinski definition) is 4. The van der Waals surface area contributed by atoms with Crippen molar-refractivity contribution in [1.82, 2.24) is 4.90 Å². The molecule has 1 fully saturated rings.